The van der Waals surface area contributed by atoms with E-state index in [9.17, 15) is 9.59 Å². The van der Waals surface area contributed by atoms with Gasteiger partial charge in [0, 0.05) is 30.9 Å². The van der Waals surface area contributed by atoms with Crippen molar-refractivity contribution in [3.8, 4) is 0 Å². The maximum atomic E-state index is 12.5. The van der Waals surface area contributed by atoms with Gasteiger partial charge in [0.1, 0.15) is 7.85 Å². The van der Waals surface area contributed by atoms with E-state index in [1.807, 2.05) is 96.0 Å². The highest BCUT2D eigenvalue weighted by Crippen LogP contribution is 2.17. The van der Waals surface area contributed by atoms with Crippen LogP contribution in [-0.4, -0.2) is 106 Å². The third kappa shape index (κ3) is 21.5. The van der Waals surface area contributed by atoms with E-state index in [0.717, 1.165) is 0 Å². The molecule has 0 fully saturated rings. The van der Waals surface area contributed by atoms with E-state index < -0.39 is 11.2 Å². The molecule has 0 aliphatic rings. The lowest BCUT2D eigenvalue weighted by Crippen LogP contribution is -2.38. The van der Waals surface area contributed by atoms with Gasteiger partial charge in [-0.3, -0.25) is 9.59 Å². The van der Waals surface area contributed by atoms with Gasteiger partial charge in [0.25, 0.3) is 0 Å². The van der Waals surface area contributed by atoms with Crippen LogP contribution >= 0.6 is 0 Å². The van der Waals surface area contributed by atoms with Gasteiger partial charge in [0.2, 0.25) is 0 Å². The van der Waals surface area contributed by atoms with Crippen LogP contribution in [0.2, 0.25) is 0 Å². The summed E-state index contributed by atoms with van der Waals surface area (Å²) in [5, 5.41) is 0. The van der Waals surface area contributed by atoms with Gasteiger partial charge in [0.05, 0.1) is 68.8 Å². The molecule has 0 heterocycles. The van der Waals surface area contributed by atoms with E-state index >= 15 is 0 Å². The van der Waals surface area contributed by atoms with Crippen LogP contribution in [0.1, 0.15) is 95.4 Å². The van der Waals surface area contributed by atoms with E-state index in [1.165, 1.54) is 0 Å². The zero-order valence-corrected chi connectivity index (χ0v) is 27.9. The minimum atomic E-state index is -0.418. The van der Waals surface area contributed by atoms with Crippen LogP contribution in [0.25, 0.3) is 0 Å². The summed E-state index contributed by atoms with van der Waals surface area (Å²) in [6, 6.07) is -0.0794. The van der Waals surface area contributed by atoms with Crippen LogP contribution in [0.3, 0.4) is 0 Å². The number of nitrogens with zero attached hydrogens (tertiary/aromatic N) is 1. The van der Waals surface area contributed by atoms with Gasteiger partial charge >= 0.3 is 11.9 Å². The topological polar surface area (TPSA) is 92.8 Å². The molecule has 0 spiro atoms. The van der Waals surface area contributed by atoms with Crippen molar-refractivity contribution in [3.63, 3.8) is 0 Å². The van der Waals surface area contributed by atoms with Crippen molar-refractivity contribution in [2.45, 2.75) is 124 Å². The van der Waals surface area contributed by atoms with Crippen molar-refractivity contribution in [1.29, 1.82) is 0 Å². The molecule has 0 aromatic heterocycles. The molecule has 0 aromatic carbocycles. The van der Waals surface area contributed by atoms with Crippen LogP contribution in [0.15, 0.2) is 0 Å². The number of ether oxygens (including phenoxy) is 6. The number of hydrogen-bond acceptors (Lipinski definition) is 9. The molecule has 0 N–H and O–H groups in total. The Balaban J connectivity index is 4.26. The lowest BCUT2D eigenvalue weighted by Gasteiger charge is -2.28. The molecule has 0 saturated carbocycles. The van der Waals surface area contributed by atoms with Crippen molar-refractivity contribution in [2.24, 2.45) is 5.92 Å². The lowest BCUT2D eigenvalue weighted by atomic mass is 9.86. The van der Waals surface area contributed by atoms with E-state index in [2.05, 4.69) is 0 Å². The minimum Gasteiger partial charge on any atom is -0.466 e. The molecule has 0 radical (unpaired) electrons. The van der Waals surface area contributed by atoms with Gasteiger partial charge < -0.3 is 33.3 Å². The van der Waals surface area contributed by atoms with Gasteiger partial charge in [-0.2, -0.15) is 0 Å². The van der Waals surface area contributed by atoms with Gasteiger partial charge in [-0.15, -0.1) is 0 Å². The van der Waals surface area contributed by atoms with Crippen molar-refractivity contribution in [2.75, 3.05) is 53.2 Å². The van der Waals surface area contributed by atoms with Crippen LogP contribution in [-0.2, 0) is 38.0 Å². The highest BCUT2D eigenvalue weighted by Gasteiger charge is 2.25. The third-order valence-corrected chi connectivity index (χ3v) is 6.32. The first kappa shape index (κ1) is 38.8. The third-order valence-electron chi connectivity index (χ3n) is 6.32. The molecular weight excluding hydrogens is 513 g/mol. The lowest BCUT2D eigenvalue weighted by molar-refractivity contribution is -0.151. The van der Waals surface area contributed by atoms with Gasteiger partial charge in [-0.05, 0) is 76.3 Å². The number of carbonyl (C=O) groups excluding carboxylic acids is 2. The summed E-state index contributed by atoms with van der Waals surface area (Å²) in [7, 11) is 3.91. The van der Waals surface area contributed by atoms with E-state index in [0.29, 0.717) is 45.8 Å². The van der Waals surface area contributed by atoms with Crippen LogP contribution in [0.5, 0.6) is 0 Å². The summed E-state index contributed by atoms with van der Waals surface area (Å²) in [4.78, 5) is 26.9. The Kier molecular flexibility index (Phi) is 17.2. The fourth-order valence-corrected chi connectivity index (χ4v) is 3.57. The van der Waals surface area contributed by atoms with Crippen molar-refractivity contribution < 1.29 is 38.0 Å². The molecule has 10 heteroatoms. The smallest absolute Gasteiger partial charge is 0.309 e. The zero-order chi connectivity index (χ0) is 31.2. The molecule has 0 saturated heterocycles. The average molecular weight is 574 g/mol. The standard InChI is InChI=1S/C30H60BNO8/c1-23(26(34)36-16-14-29(8,9)38-18-17-37-27(3,4)5)22-32(12)24(2)21-25(33)35-15-13-28(6,7)39-19-20-40-30(10,11)31/h23-24H,13-22,31H2,1-12H3. The first-order chi connectivity index (χ1) is 18.1. The van der Waals surface area contributed by atoms with Crippen molar-refractivity contribution in [1.82, 2.24) is 4.90 Å². The van der Waals surface area contributed by atoms with Crippen molar-refractivity contribution >= 4 is 19.8 Å². The molecule has 0 aliphatic carbocycles. The number of rotatable bonds is 21. The average Bonchev–Trinajstić information content (AvgIpc) is 2.78. The molecule has 0 aromatic rings. The predicted octanol–water partition coefficient (Wildman–Crippen LogP) is 3.99. The Morgan fingerprint density at radius 1 is 0.700 bits per heavy atom. The molecule has 236 valence electrons. The Bertz CT molecular complexity index is 730. The monoisotopic (exact) mass is 573 g/mol. The Labute approximate surface area is 245 Å². The first-order valence-electron chi connectivity index (χ1n) is 14.7. The summed E-state index contributed by atoms with van der Waals surface area (Å²) < 4.78 is 34.1. The van der Waals surface area contributed by atoms with E-state index in [1.54, 1.807) is 0 Å². The summed E-state index contributed by atoms with van der Waals surface area (Å²) in [6.45, 7) is 24.8. The van der Waals surface area contributed by atoms with Crippen LogP contribution in [0, 0.1) is 5.92 Å². The predicted molar refractivity (Wildman–Crippen MR) is 161 cm³/mol. The number of hydrogen-bond donors (Lipinski definition) is 0. The number of carbonyl (C=O) groups is 2. The molecule has 9 nitrogen and oxygen atoms in total. The second kappa shape index (κ2) is 17.7. The fraction of sp³-hybridized carbons (Fsp3) is 0.933. The second-order valence-corrected chi connectivity index (χ2v) is 13.9. The van der Waals surface area contributed by atoms with Crippen LogP contribution < -0.4 is 0 Å². The molecule has 0 amide bonds. The highest BCUT2D eigenvalue weighted by atomic mass is 16.6. The molecule has 2 unspecified atom stereocenters. The fourth-order valence-electron chi connectivity index (χ4n) is 3.57. The van der Waals surface area contributed by atoms with E-state index in [4.69, 9.17) is 28.4 Å². The van der Waals surface area contributed by atoms with Gasteiger partial charge in [0.15, 0.2) is 0 Å². The van der Waals surface area contributed by atoms with E-state index in [-0.39, 0.29) is 54.6 Å². The molecule has 40 heavy (non-hydrogen) atoms. The summed E-state index contributed by atoms with van der Waals surface area (Å²) in [5.74, 6) is -0.854. The molecule has 0 rings (SSSR count). The molecule has 0 aliphatic heterocycles. The molecule has 2 atom stereocenters. The Hall–Kier alpha value is -1.20. The van der Waals surface area contributed by atoms with Gasteiger partial charge in [-0.1, -0.05) is 6.92 Å². The zero-order valence-electron chi connectivity index (χ0n) is 27.9. The molecule has 0 bridgehead atoms. The first-order valence-corrected chi connectivity index (χ1v) is 14.7. The normalized spacial score (nSPS) is 14.7. The Morgan fingerprint density at radius 2 is 1.15 bits per heavy atom. The van der Waals surface area contributed by atoms with Crippen LogP contribution in [0.4, 0.5) is 0 Å². The SMILES string of the molecule is BC(C)(C)OCCOC(C)(C)CCOC(=O)CC(C)N(C)CC(C)C(=O)OCCC(C)(C)OCCOC(C)(C)C. The number of esters is 2. The van der Waals surface area contributed by atoms with Gasteiger partial charge in [-0.25, -0.2) is 0 Å². The summed E-state index contributed by atoms with van der Waals surface area (Å²) in [5.41, 5.74) is -1.22. The largest absolute Gasteiger partial charge is 0.466 e. The van der Waals surface area contributed by atoms with Crippen molar-refractivity contribution in [3.05, 3.63) is 0 Å². The quantitative estimate of drug-likeness (QED) is 0.115. The summed E-state index contributed by atoms with van der Waals surface area (Å²) >= 11 is 0. The summed E-state index contributed by atoms with van der Waals surface area (Å²) in [6.07, 6.45) is 1.42. The second-order valence-electron chi connectivity index (χ2n) is 13.9. The maximum Gasteiger partial charge on any atom is 0.309 e. The highest BCUT2D eigenvalue weighted by molar-refractivity contribution is 6.13. The molecular formula is C30H60BNO8. The maximum absolute atomic E-state index is 12.5. The Morgan fingerprint density at radius 3 is 1.62 bits per heavy atom. The minimum absolute atomic E-state index is 0.0794.